The van der Waals surface area contributed by atoms with Crippen molar-refractivity contribution in [1.82, 2.24) is 19.9 Å². The van der Waals surface area contributed by atoms with Crippen LogP contribution in [0.3, 0.4) is 0 Å². The molecule has 2 aromatic rings. The van der Waals surface area contributed by atoms with E-state index >= 15 is 0 Å². The zero-order valence-corrected chi connectivity index (χ0v) is 16.8. The van der Waals surface area contributed by atoms with Gasteiger partial charge < -0.3 is 15.2 Å². The Morgan fingerprint density at radius 2 is 2.04 bits per heavy atom. The first-order valence-electron chi connectivity index (χ1n) is 9.78. The first-order valence-corrected chi connectivity index (χ1v) is 10.7. The molecule has 2 aromatic heterocycles. The molecule has 1 atom stereocenters. The second kappa shape index (κ2) is 9.96. The quantitative estimate of drug-likeness (QED) is 0.661. The van der Waals surface area contributed by atoms with E-state index in [1.54, 1.807) is 11.3 Å². The summed E-state index contributed by atoms with van der Waals surface area (Å²) in [4.78, 5) is 22.2. The second-order valence-corrected chi connectivity index (χ2v) is 7.93. The van der Waals surface area contributed by atoms with E-state index in [2.05, 4.69) is 22.0 Å². The van der Waals surface area contributed by atoms with Gasteiger partial charge in [0.25, 0.3) is 0 Å². The van der Waals surface area contributed by atoms with Crippen molar-refractivity contribution in [2.75, 3.05) is 32.7 Å². The monoisotopic (exact) mass is 391 g/mol. The van der Waals surface area contributed by atoms with Gasteiger partial charge in [-0.15, -0.1) is 11.3 Å². The van der Waals surface area contributed by atoms with Crippen molar-refractivity contribution in [3.63, 3.8) is 0 Å². The van der Waals surface area contributed by atoms with Crippen molar-refractivity contribution in [3.05, 3.63) is 23.4 Å². The molecule has 3 heterocycles. The summed E-state index contributed by atoms with van der Waals surface area (Å²) in [5.41, 5.74) is 5.50. The number of carbonyl (C=O) groups is 1. The van der Waals surface area contributed by atoms with Gasteiger partial charge in [-0.05, 0) is 37.8 Å². The van der Waals surface area contributed by atoms with Gasteiger partial charge in [-0.2, -0.15) is 4.98 Å². The van der Waals surface area contributed by atoms with E-state index in [-0.39, 0.29) is 11.9 Å². The Morgan fingerprint density at radius 1 is 1.26 bits per heavy atom. The maximum atomic E-state index is 12.4. The molecule has 0 saturated carbocycles. The Labute approximate surface area is 164 Å². The summed E-state index contributed by atoms with van der Waals surface area (Å²) < 4.78 is 5.48. The van der Waals surface area contributed by atoms with E-state index in [9.17, 15) is 4.79 Å². The lowest BCUT2D eigenvalue weighted by Crippen LogP contribution is -2.49. The predicted octanol–water partition coefficient (Wildman–Crippen LogP) is 2.91. The van der Waals surface area contributed by atoms with Gasteiger partial charge in [0.05, 0.1) is 10.9 Å². The number of aromatic nitrogens is 2. The SMILES string of the molecule is CC(c1nc(-c2cccs2)no1)N1CCN(C(=O)CCCCCCN)CC1. The average Bonchev–Trinajstić information content (AvgIpc) is 3.39. The molecule has 0 aromatic carbocycles. The van der Waals surface area contributed by atoms with Gasteiger partial charge in [-0.3, -0.25) is 9.69 Å². The number of piperazine rings is 1. The normalized spacial score (nSPS) is 16.6. The second-order valence-electron chi connectivity index (χ2n) is 6.98. The number of carbonyl (C=O) groups excluding carboxylic acids is 1. The number of nitrogens with zero attached hydrogens (tertiary/aromatic N) is 4. The summed E-state index contributed by atoms with van der Waals surface area (Å²) in [5, 5.41) is 6.10. The van der Waals surface area contributed by atoms with Crippen LogP contribution >= 0.6 is 11.3 Å². The highest BCUT2D eigenvalue weighted by molar-refractivity contribution is 7.13. The third-order valence-electron chi connectivity index (χ3n) is 5.10. The van der Waals surface area contributed by atoms with E-state index in [0.717, 1.165) is 63.3 Å². The zero-order valence-electron chi connectivity index (χ0n) is 16.0. The van der Waals surface area contributed by atoms with Crippen LogP contribution in [0.25, 0.3) is 10.7 Å². The van der Waals surface area contributed by atoms with Crippen molar-refractivity contribution < 1.29 is 9.32 Å². The molecular weight excluding hydrogens is 362 g/mol. The Morgan fingerprint density at radius 3 is 2.74 bits per heavy atom. The van der Waals surface area contributed by atoms with Crippen LogP contribution in [-0.4, -0.2) is 58.6 Å². The van der Waals surface area contributed by atoms with Crippen LogP contribution in [0.1, 0.15) is 51.0 Å². The molecule has 7 nitrogen and oxygen atoms in total. The molecule has 2 N–H and O–H groups in total. The number of hydrogen-bond donors (Lipinski definition) is 1. The standard InChI is InChI=1S/C19H29N5O2S/c1-15(19-21-18(22-26-19)16-7-6-14-27-16)23-10-12-24(13-11-23)17(25)8-4-2-3-5-9-20/h6-7,14-15H,2-5,8-13,20H2,1H3. The first kappa shape index (κ1) is 20.0. The van der Waals surface area contributed by atoms with E-state index in [4.69, 9.17) is 10.3 Å². The van der Waals surface area contributed by atoms with Crippen LogP contribution in [0, 0.1) is 0 Å². The molecule has 3 rings (SSSR count). The van der Waals surface area contributed by atoms with Gasteiger partial charge in [0.15, 0.2) is 0 Å². The highest BCUT2D eigenvalue weighted by Crippen LogP contribution is 2.26. The third-order valence-corrected chi connectivity index (χ3v) is 5.97. The lowest BCUT2D eigenvalue weighted by Gasteiger charge is -2.36. The van der Waals surface area contributed by atoms with Crippen LogP contribution < -0.4 is 5.73 Å². The Balaban J connectivity index is 1.44. The van der Waals surface area contributed by atoms with Gasteiger partial charge in [0.1, 0.15) is 0 Å². The largest absolute Gasteiger partial charge is 0.340 e. The molecule has 0 spiro atoms. The molecular formula is C19H29N5O2S. The maximum absolute atomic E-state index is 12.4. The lowest BCUT2D eigenvalue weighted by molar-refractivity contribution is -0.133. The molecule has 27 heavy (non-hydrogen) atoms. The van der Waals surface area contributed by atoms with E-state index in [0.29, 0.717) is 18.1 Å². The number of amides is 1. The lowest BCUT2D eigenvalue weighted by atomic mass is 10.1. The Hall–Kier alpha value is -1.77. The summed E-state index contributed by atoms with van der Waals surface area (Å²) in [5.74, 6) is 1.56. The fraction of sp³-hybridized carbons (Fsp3) is 0.632. The summed E-state index contributed by atoms with van der Waals surface area (Å²) >= 11 is 1.60. The molecule has 1 unspecified atom stereocenters. The van der Waals surface area contributed by atoms with Crippen LogP contribution in [-0.2, 0) is 4.79 Å². The topological polar surface area (TPSA) is 88.5 Å². The van der Waals surface area contributed by atoms with Gasteiger partial charge in [-0.25, -0.2) is 0 Å². The minimum absolute atomic E-state index is 0.0553. The minimum Gasteiger partial charge on any atom is -0.340 e. The molecule has 1 saturated heterocycles. The molecule has 0 bridgehead atoms. The van der Waals surface area contributed by atoms with E-state index in [1.807, 2.05) is 22.4 Å². The summed E-state index contributed by atoms with van der Waals surface area (Å²) in [6.07, 6.45) is 4.86. The van der Waals surface area contributed by atoms with Gasteiger partial charge in [-0.1, -0.05) is 24.1 Å². The van der Waals surface area contributed by atoms with Crippen LogP contribution in [0.2, 0.25) is 0 Å². The Kier molecular flexibility index (Phi) is 7.37. The van der Waals surface area contributed by atoms with Gasteiger partial charge >= 0.3 is 0 Å². The summed E-state index contributed by atoms with van der Waals surface area (Å²) in [6, 6.07) is 4.03. The highest BCUT2D eigenvalue weighted by Gasteiger charge is 2.27. The molecule has 0 aliphatic carbocycles. The van der Waals surface area contributed by atoms with Gasteiger partial charge in [0.2, 0.25) is 17.6 Å². The van der Waals surface area contributed by atoms with Crippen molar-refractivity contribution in [2.24, 2.45) is 5.73 Å². The number of unbranched alkanes of at least 4 members (excludes halogenated alkanes) is 3. The fourth-order valence-corrected chi connectivity index (χ4v) is 4.01. The number of nitrogens with two attached hydrogens (primary N) is 1. The predicted molar refractivity (Wildman–Crippen MR) is 106 cm³/mol. The molecule has 8 heteroatoms. The Bertz CT molecular complexity index is 695. The summed E-state index contributed by atoms with van der Waals surface area (Å²) in [7, 11) is 0. The molecule has 1 amide bonds. The van der Waals surface area contributed by atoms with E-state index in [1.165, 1.54) is 0 Å². The molecule has 1 fully saturated rings. The average molecular weight is 392 g/mol. The molecule has 0 radical (unpaired) electrons. The number of thiophene rings is 1. The van der Waals surface area contributed by atoms with Crippen molar-refractivity contribution >= 4 is 17.2 Å². The van der Waals surface area contributed by atoms with Crippen molar-refractivity contribution in [2.45, 2.75) is 45.1 Å². The van der Waals surface area contributed by atoms with E-state index < -0.39 is 0 Å². The number of rotatable bonds is 9. The van der Waals surface area contributed by atoms with Crippen LogP contribution in [0.4, 0.5) is 0 Å². The summed E-state index contributed by atoms with van der Waals surface area (Å²) in [6.45, 7) is 6.01. The fourth-order valence-electron chi connectivity index (χ4n) is 3.36. The van der Waals surface area contributed by atoms with Crippen LogP contribution in [0.15, 0.2) is 22.0 Å². The molecule has 1 aliphatic rings. The first-order chi connectivity index (χ1) is 13.2. The van der Waals surface area contributed by atoms with Crippen LogP contribution in [0.5, 0.6) is 0 Å². The molecule has 1 aliphatic heterocycles. The smallest absolute Gasteiger partial charge is 0.244 e. The third kappa shape index (κ3) is 5.37. The van der Waals surface area contributed by atoms with Crippen molar-refractivity contribution in [3.8, 4) is 10.7 Å². The zero-order chi connectivity index (χ0) is 19.1. The molecule has 148 valence electrons. The van der Waals surface area contributed by atoms with Crippen molar-refractivity contribution in [1.29, 1.82) is 0 Å². The maximum Gasteiger partial charge on any atom is 0.244 e. The highest BCUT2D eigenvalue weighted by atomic mass is 32.1. The minimum atomic E-state index is 0.0553. The number of hydrogen-bond acceptors (Lipinski definition) is 7. The van der Waals surface area contributed by atoms with Gasteiger partial charge in [0, 0.05) is 32.6 Å².